The van der Waals surface area contributed by atoms with Crippen LogP contribution in [0.25, 0.3) is 0 Å². The van der Waals surface area contributed by atoms with Crippen LogP contribution >= 0.6 is 0 Å². The molecule has 0 aromatic rings. The molecule has 12 heavy (non-hydrogen) atoms. The first-order valence-electron chi connectivity index (χ1n) is 4.76. The van der Waals surface area contributed by atoms with Crippen LogP contribution in [0.5, 0.6) is 0 Å². The minimum Gasteiger partial charge on any atom is -0.381 e. The molecule has 2 unspecified atom stereocenters. The Labute approximate surface area is 75.0 Å². The van der Waals surface area contributed by atoms with Crippen molar-refractivity contribution in [3.8, 4) is 0 Å². The number of rotatable bonds is 3. The summed E-state index contributed by atoms with van der Waals surface area (Å²) in [4.78, 5) is 0. The fourth-order valence-electron chi connectivity index (χ4n) is 1.34. The molecular weight excluding hydrogens is 150 g/mol. The molecule has 0 amide bonds. The molecule has 1 fully saturated rings. The second-order valence-electron chi connectivity index (χ2n) is 3.44. The van der Waals surface area contributed by atoms with Crippen LogP contribution in [0.3, 0.4) is 0 Å². The maximum absolute atomic E-state index is 5.38. The van der Waals surface area contributed by atoms with Gasteiger partial charge in [-0.1, -0.05) is 12.2 Å². The normalized spacial score (nSPS) is 27.7. The lowest BCUT2D eigenvalue weighted by Crippen LogP contribution is -2.20. The third kappa shape index (κ3) is 3.37. The van der Waals surface area contributed by atoms with E-state index in [9.17, 15) is 0 Å². The molecule has 0 aromatic carbocycles. The Morgan fingerprint density at radius 2 is 2.42 bits per heavy atom. The van der Waals surface area contributed by atoms with E-state index in [0.717, 1.165) is 13.2 Å². The molecule has 2 heteroatoms. The highest BCUT2D eigenvalue weighted by Gasteiger charge is 2.09. The standard InChI is InChI=1S/C10H19NO/c1-9(11-2)5-6-10-4-3-7-12-8-10/h5-6,9-11H,3-4,7-8H2,1-2H3/b6-5+. The van der Waals surface area contributed by atoms with Gasteiger partial charge in [0.15, 0.2) is 0 Å². The monoisotopic (exact) mass is 169 g/mol. The zero-order valence-electron chi connectivity index (χ0n) is 8.05. The number of hydrogen-bond donors (Lipinski definition) is 1. The molecule has 1 rings (SSSR count). The van der Waals surface area contributed by atoms with Crippen LogP contribution in [0, 0.1) is 5.92 Å². The van der Waals surface area contributed by atoms with Crippen molar-refractivity contribution in [3.05, 3.63) is 12.2 Å². The molecule has 1 saturated heterocycles. The van der Waals surface area contributed by atoms with Crippen molar-refractivity contribution >= 4 is 0 Å². The van der Waals surface area contributed by atoms with E-state index in [1.54, 1.807) is 0 Å². The maximum Gasteiger partial charge on any atom is 0.0528 e. The Morgan fingerprint density at radius 3 is 3.00 bits per heavy atom. The van der Waals surface area contributed by atoms with Gasteiger partial charge >= 0.3 is 0 Å². The molecule has 70 valence electrons. The van der Waals surface area contributed by atoms with Gasteiger partial charge in [-0.3, -0.25) is 0 Å². The van der Waals surface area contributed by atoms with Gasteiger partial charge in [0, 0.05) is 18.6 Å². The van der Waals surface area contributed by atoms with Gasteiger partial charge in [0.05, 0.1) is 6.61 Å². The summed E-state index contributed by atoms with van der Waals surface area (Å²) in [5, 5.41) is 3.18. The molecule has 0 bridgehead atoms. The highest BCUT2D eigenvalue weighted by atomic mass is 16.5. The molecule has 1 N–H and O–H groups in total. The first-order chi connectivity index (χ1) is 5.83. The summed E-state index contributed by atoms with van der Waals surface area (Å²) < 4.78 is 5.38. The van der Waals surface area contributed by atoms with Crippen molar-refractivity contribution in [1.82, 2.24) is 5.32 Å². The minimum absolute atomic E-state index is 0.479. The van der Waals surface area contributed by atoms with Crippen LogP contribution in [0.4, 0.5) is 0 Å². The summed E-state index contributed by atoms with van der Waals surface area (Å²) in [6.07, 6.45) is 7.00. The van der Waals surface area contributed by atoms with E-state index >= 15 is 0 Å². The minimum atomic E-state index is 0.479. The number of ether oxygens (including phenoxy) is 1. The first-order valence-corrected chi connectivity index (χ1v) is 4.76. The zero-order chi connectivity index (χ0) is 8.81. The predicted molar refractivity (Wildman–Crippen MR) is 51.2 cm³/mol. The van der Waals surface area contributed by atoms with Crippen molar-refractivity contribution in [2.75, 3.05) is 20.3 Å². The highest BCUT2D eigenvalue weighted by Crippen LogP contribution is 2.14. The third-order valence-electron chi connectivity index (χ3n) is 2.32. The van der Waals surface area contributed by atoms with Gasteiger partial charge in [-0.25, -0.2) is 0 Å². The molecule has 0 radical (unpaired) electrons. The van der Waals surface area contributed by atoms with E-state index in [0.29, 0.717) is 12.0 Å². The van der Waals surface area contributed by atoms with E-state index in [-0.39, 0.29) is 0 Å². The number of hydrogen-bond acceptors (Lipinski definition) is 2. The summed E-state index contributed by atoms with van der Waals surface area (Å²) in [7, 11) is 1.98. The third-order valence-corrected chi connectivity index (χ3v) is 2.32. The second kappa shape index (κ2) is 5.33. The largest absolute Gasteiger partial charge is 0.381 e. The van der Waals surface area contributed by atoms with E-state index in [2.05, 4.69) is 24.4 Å². The fourth-order valence-corrected chi connectivity index (χ4v) is 1.34. The molecule has 0 saturated carbocycles. The molecule has 0 spiro atoms. The maximum atomic E-state index is 5.38. The zero-order valence-corrected chi connectivity index (χ0v) is 8.05. The highest BCUT2D eigenvalue weighted by molar-refractivity contribution is 4.95. The Kier molecular flexibility index (Phi) is 4.33. The average molecular weight is 169 g/mol. The van der Waals surface area contributed by atoms with Crippen molar-refractivity contribution in [3.63, 3.8) is 0 Å². The lowest BCUT2D eigenvalue weighted by Gasteiger charge is -2.19. The van der Waals surface area contributed by atoms with Gasteiger partial charge in [0.25, 0.3) is 0 Å². The predicted octanol–water partition coefficient (Wildman–Crippen LogP) is 1.58. The summed E-state index contributed by atoms with van der Waals surface area (Å²) in [5.74, 6) is 0.648. The summed E-state index contributed by atoms with van der Waals surface area (Å²) in [6, 6.07) is 0.479. The Bertz CT molecular complexity index is 139. The van der Waals surface area contributed by atoms with Crippen LogP contribution in [0.2, 0.25) is 0 Å². The quantitative estimate of drug-likeness (QED) is 0.648. The Balaban J connectivity index is 2.23. The molecule has 0 aromatic heterocycles. The van der Waals surface area contributed by atoms with Gasteiger partial charge in [-0.2, -0.15) is 0 Å². The molecule has 1 aliphatic rings. The van der Waals surface area contributed by atoms with Crippen LogP contribution in [-0.2, 0) is 4.74 Å². The molecule has 2 nitrogen and oxygen atoms in total. The number of nitrogens with one attached hydrogen (secondary N) is 1. The van der Waals surface area contributed by atoms with Crippen LogP contribution in [-0.4, -0.2) is 26.3 Å². The lowest BCUT2D eigenvalue weighted by atomic mass is 10.0. The lowest BCUT2D eigenvalue weighted by molar-refractivity contribution is 0.0709. The molecule has 1 aliphatic heterocycles. The molecular formula is C10H19NO. The van der Waals surface area contributed by atoms with Crippen molar-refractivity contribution < 1.29 is 4.74 Å². The van der Waals surface area contributed by atoms with E-state index in [4.69, 9.17) is 4.74 Å². The van der Waals surface area contributed by atoms with E-state index in [1.165, 1.54) is 12.8 Å². The van der Waals surface area contributed by atoms with E-state index in [1.807, 2.05) is 7.05 Å². The van der Waals surface area contributed by atoms with Crippen molar-refractivity contribution in [1.29, 1.82) is 0 Å². The summed E-state index contributed by atoms with van der Waals surface area (Å²) >= 11 is 0. The second-order valence-corrected chi connectivity index (χ2v) is 3.44. The molecule has 0 aliphatic carbocycles. The SMILES string of the molecule is CNC(C)/C=C/C1CCCOC1. The van der Waals surface area contributed by atoms with Crippen LogP contribution in [0.15, 0.2) is 12.2 Å². The Morgan fingerprint density at radius 1 is 1.58 bits per heavy atom. The first kappa shape index (κ1) is 9.75. The number of likely N-dealkylation sites (N-methyl/N-ethyl adjacent to an activating group) is 1. The topological polar surface area (TPSA) is 21.3 Å². The Hall–Kier alpha value is -0.340. The van der Waals surface area contributed by atoms with E-state index < -0.39 is 0 Å². The van der Waals surface area contributed by atoms with Crippen LogP contribution < -0.4 is 5.32 Å². The molecule has 2 atom stereocenters. The van der Waals surface area contributed by atoms with Gasteiger partial charge < -0.3 is 10.1 Å². The van der Waals surface area contributed by atoms with Gasteiger partial charge in [0.2, 0.25) is 0 Å². The molecule has 1 heterocycles. The smallest absolute Gasteiger partial charge is 0.0528 e. The average Bonchev–Trinajstić information content (AvgIpc) is 2.16. The van der Waals surface area contributed by atoms with Crippen LogP contribution in [0.1, 0.15) is 19.8 Å². The van der Waals surface area contributed by atoms with Crippen molar-refractivity contribution in [2.24, 2.45) is 5.92 Å². The summed E-state index contributed by atoms with van der Waals surface area (Å²) in [6.45, 7) is 4.01. The van der Waals surface area contributed by atoms with Gasteiger partial charge in [0.1, 0.15) is 0 Å². The fraction of sp³-hybridized carbons (Fsp3) is 0.800. The van der Waals surface area contributed by atoms with Gasteiger partial charge in [-0.05, 0) is 26.8 Å². The van der Waals surface area contributed by atoms with Gasteiger partial charge in [-0.15, -0.1) is 0 Å². The summed E-state index contributed by atoms with van der Waals surface area (Å²) in [5.41, 5.74) is 0. The van der Waals surface area contributed by atoms with Crippen molar-refractivity contribution in [2.45, 2.75) is 25.8 Å².